The Kier molecular flexibility index (Phi) is 5.96. The van der Waals surface area contributed by atoms with Gasteiger partial charge in [0.05, 0.1) is 12.1 Å². The zero-order chi connectivity index (χ0) is 16.2. The Labute approximate surface area is 128 Å². The van der Waals surface area contributed by atoms with Crippen molar-refractivity contribution in [1.82, 2.24) is 9.97 Å². The molecule has 1 aromatic heterocycles. The van der Waals surface area contributed by atoms with E-state index in [4.69, 9.17) is 4.98 Å². The van der Waals surface area contributed by atoms with Gasteiger partial charge in [0, 0.05) is 25.1 Å². The molecule has 21 heavy (non-hydrogen) atoms. The topological polar surface area (TPSA) is 61.3 Å². The summed E-state index contributed by atoms with van der Waals surface area (Å²) in [6, 6.07) is 0. The smallest absolute Gasteiger partial charge is 0.137 e. The summed E-state index contributed by atoms with van der Waals surface area (Å²) < 4.78 is 0. The van der Waals surface area contributed by atoms with E-state index in [1.165, 1.54) is 0 Å². The second-order valence-corrected chi connectivity index (χ2v) is 6.49. The van der Waals surface area contributed by atoms with E-state index >= 15 is 0 Å². The molecule has 0 aliphatic rings. The number of hydrogen-bond donors (Lipinski definition) is 2. The van der Waals surface area contributed by atoms with Crippen LogP contribution >= 0.6 is 0 Å². The van der Waals surface area contributed by atoms with Crippen LogP contribution in [0.1, 0.15) is 58.3 Å². The molecule has 2 N–H and O–H groups in total. The standard InChI is InChI=1S/C16H30N4O/c1-8-9-17-14-12(4)15(19-13(18-14)11(2)3)20(7)16(5,6)10-21/h11,21H,8-10H2,1-7H3,(H,17,18,19). The largest absolute Gasteiger partial charge is 0.394 e. The molecule has 5 heteroatoms. The van der Waals surface area contributed by atoms with Crippen molar-refractivity contribution in [1.29, 1.82) is 0 Å². The minimum absolute atomic E-state index is 0.0711. The molecule has 0 radical (unpaired) electrons. The number of aromatic nitrogens is 2. The molecule has 0 saturated heterocycles. The molecule has 0 atom stereocenters. The van der Waals surface area contributed by atoms with Crippen LogP contribution in [0.5, 0.6) is 0 Å². The van der Waals surface area contributed by atoms with Gasteiger partial charge in [0.25, 0.3) is 0 Å². The highest BCUT2D eigenvalue weighted by atomic mass is 16.3. The zero-order valence-electron chi connectivity index (χ0n) is 14.5. The van der Waals surface area contributed by atoms with Crippen LogP contribution in [0.25, 0.3) is 0 Å². The van der Waals surface area contributed by atoms with Gasteiger partial charge < -0.3 is 15.3 Å². The molecule has 0 amide bonds. The predicted molar refractivity (Wildman–Crippen MR) is 89.2 cm³/mol. The van der Waals surface area contributed by atoms with Crippen LogP contribution in [0, 0.1) is 6.92 Å². The number of aliphatic hydroxyl groups is 1. The number of nitrogens with zero attached hydrogens (tertiary/aromatic N) is 3. The first-order valence-electron chi connectivity index (χ1n) is 7.71. The lowest BCUT2D eigenvalue weighted by atomic mass is 10.0. The molecule has 0 aliphatic carbocycles. The predicted octanol–water partition coefficient (Wildman–Crippen LogP) is 2.94. The summed E-state index contributed by atoms with van der Waals surface area (Å²) in [7, 11) is 1.97. The van der Waals surface area contributed by atoms with Crippen molar-refractivity contribution in [2.24, 2.45) is 0 Å². The molecule has 120 valence electrons. The third-order valence-electron chi connectivity index (χ3n) is 3.81. The number of nitrogens with one attached hydrogen (secondary N) is 1. The van der Waals surface area contributed by atoms with Crippen LogP contribution in [-0.2, 0) is 0 Å². The van der Waals surface area contributed by atoms with Crippen molar-refractivity contribution in [3.63, 3.8) is 0 Å². The summed E-state index contributed by atoms with van der Waals surface area (Å²) in [5.41, 5.74) is 0.659. The third-order valence-corrected chi connectivity index (χ3v) is 3.81. The first-order valence-corrected chi connectivity index (χ1v) is 7.71. The van der Waals surface area contributed by atoms with Gasteiger partial charge >= 0.3 is 0 Å². The van der Waals surface area contributed by atoms with Gasteiger partial charge in [-0.3, -0.25) is 0 Å². The van der Waals surface area contributed by atoms with Crippen LogP contribution in [-0.4, -0.2) is 40.8 Å². The van der Waals surface area contributed by atoms with Crippen molar-refractivity contribution in [2.75, 3.05) is 30.4 Å². The minimum atomic E-state index is -0.366. The van der Waals surface area contributed by atoms with E-state index in [0.29, 0.717) is 0 Å². The van der Waals surface area contributed by atoms with Crippen molar-refractivity contribution in [3.8, 4) is 0 Å². The summed E-state index contributed by atoms with van der Waals surface area (Å²) in [6.45, 7) is 13.3. The third kappa shape index (κ3) is 4.06. The van der Waals surface area contributed by atoms with Crippen molar-refractivity contribution >= 4 is 11.6 Å². The molecule has 0 aromatic carbocycles. The minimum Gasteiger partial charge on any atom is -0.394 e. The summed E-state index contributed by atoms with van der Waals surface area (Å²) in [5, 5.41) is 13.0. The van der Waals surface area contributed by atoms with E-state index in [1.807, 2.05) is 32.7 Å². The monoisotopic (exact) mass is 294 g/mol. The second-order valence-electron chi connectivity index (χ2n) is 6.49. The molecule has 1 heterocycles. The Morgan fingerprint density at radius 1 is 1.29 bits per heavy atom. The zero-order valence-corrected chi connectivity index (χ0v) is 14.5. The molecule has 0 unspecified atom stereocenters. The van der Waals surface area contributed by atoms with E-state index in [1.54, 1.807) is 0 Å². The van der Waals surface area contributed by atoms with E-state index < -0.39 is 0 Å². The molecular weight excluding hydrogens is 264 g/mol. The average Bonchev–Trinajstić information content (AvgIpc) is 2.45. The molecule has 0 aliphatic heterocycles. The van der Waals surface area contributed by atoms with Crippen LogP contribution in [0.4, 0.5) is 11.6 Å². The molecule has 0 spiro atoms. The van der Waals surface area contributed by atoms with Gasteiger partial charge in [-0.1, -0.05) is 20.8 Å². The van der Waals surface area contributed by atoms with Crippen molar-refractivity contribution in [3.05, 3.63) is 11.4 Å². The van der Waals surface area contributed by atoms with Crippen LogP contribution < -0.4 is 10.2 Å². The maximum absolute atomic E-state index is 9.61. The number of aliphatic hydroxyl groups excluding tert-OH is 1. The highest BCUT2D eigenvalue weighted by Gasteiger charge is 2.27. The van der Waals surface area contributed by atoms with Gasteiger partial charge in [-0.2, -0.15) is 0 Å². The first-order chi connectivity index (χ1) is 9.74. The van der Waals surface area contributed by atoms with E-state index in [2.05, 4.69) is 31.1 Å². The molecule has 0 fully saturated rings. The maximum Gasteiger partial charge on any atom is 0.137 e. The molecule has 1 aromatic rings. The van der Waals surface area contributed by atoms with Crippen LogP contribution in [0.15, 0.2) is 0 Å². The Bertz CT molecular complexity index is 472. The quantitative estimate of drug-likeness (QED) is 0.809. The number of rotatable bonds is 7. The fourth-order valence-electron chi connectivity index (χ4n) is 1.91. The lowest BCUT2D eigenvalue weighted by Crippen LogP contribution is -2.45. The molecule has 0 bridgehead atoms. The Balaban J connectivity index is 3.32. The molecule has 0 saturated carbocycles. The second kappa shape index (κ2) is 7.07. The fraction of sp³-hybridized carbons (Fsp3) is 0.750. The summed E-state index contributed by atoms with van der Waals surface area (Å²) in [5.74, 6) is 2.87. The number of anilines is 2. The Morgan fingerprint density at radius 3 is 2.38 bits per heavy atom. The van der Waals surface area contributed by atoms with Crippen LogP contribution in [0.2, 0.25) is 0 Å². The van der Waals surface area contributed by atoms with Crippen molar-refractivity contribution in [2.45, 2.75) is 59.4 Å². The highest BCUT2D eigenvalue weighted by Crippen LogP contribution is 2.29. The number of likely N-dealkylation sites (N-methyl/N-ethyl adjacent to an activating group) is 1. The summed E-state index contributed by atoms with van der Waals surface area (Å²) in [4.78, 5) is 11.4. The Morgan fingerprint density at radius 2 is 1.90 bits per heavy atom. The normalized spacial score (nSPS) is 11.9. The molecular formula is C16H30N4O. The molecule has 1 rings (SSSR count). The summed E-state index contributed by atoms with van der Waals surface area (Å²) >= 11 is 0. The van der Waals surface area contributed by atoms with Crippen LogP contribution in [0.3, 0.4) is 0 Å². The lowest BCUT2D eigenvalue weighted by molar-refractivity contribution is 0.215. The first kappa shape index (κ1) is 17.7. The van der Waals surface area contributed by atoms with Crippen molar-refractivity contribution < 1.29 is 5.11 Å². The SMILES string of the molecule is CCCNc1nc(C(C)C)nc(N(C)C(C)(C)CO)c1C. The van der Waals surface area contributed by atoms with Gasteiger partial charge in [0.2, 0.25) is 0 Å². The van der Waals surface area contributed by atoms with E-state index in [0.717, 1.165) is 36.0 Å². The van der Waals surface area contributed by atoms with Gasteiger partial charge in [-0.25, -0.2) is 9.97 Å². The lowest BCUT2D eigenvalue weighted by Gasteiger charge is -2.36. The molecule has 5 nitrogen and oxygen atoms in total. The highest BCUT2D eigenvalue weighted by molar-refractivity contribution is 5.59. The van der Waals surface area contributed by atoms with Gasteiger partial charge in [-0.05, 0) is 27.2 Å². The van der Waals surface area contributed by atoms with Gasteiger partial charge in [0.15, 0.2) is 0 Å². The average molecular weight is 294 g/mol. The van der Waals surface area contributed by atoms with E-state index in [-0.39, 0.29) is 18.1 Å². The summed E-state index contributed by atoms with van der Waals surface area (Å²) in [6.07, 6.45) is 1.05. The fourth-order valence-corrected chi connectivity index (χ4v) is 1.91. The van der Waals surface area contributed by atoms with Gasteiger partial charge in [0.1, 0.15) is 17.5 Å². The number of hydrogen-bond acceptors (Lipinski definition) is 5. The Hall–Kier alpha value is -1.36. The van der Waals surface area contributed by atoms with Gasteiger partial charge in [-0.15, -0.1) is 0 Å². The maximum atomic E-state index is 9.61. The van der Waals surface area contributed by atoms with E-state index in [9.17, 15) is 5.11 Å².